The number of sulfonamides is 1. The van der Waals surface area contributed by atoms with Crippen molar-refractivity contribution >= 4 is 43.7 Å². The summed E-state index contributed by atoms with van der Waals surface area (Å²) in [4.78, 5) is 24.6. The molecule has 198 valence electrons. The maximum Gasteiger partial charge on any atom is 0.240 e. The number of fused-ring (bicyclic) bond motifs is 3. The van der Waals surface area contributed by atoms with E-state index in [9.17, 15) is 13.2 Å². The Labute approximate surface area is 218 Å². The molecule has 2 saturated heterocycles. The third-order valence-electron chi connectivity index (χ3n) is 6.56. The summed E-state index contributed by atoms with van der Waals surface area (Å²) < 4.78 is 49.2. The molecule has 2 N–H and O–H groups in total. The quantitative estimate of drug-likeness (QED) is 0.378. The van der Waals surface area contributed by atoms with Crippen molar-refractivity contribution in [1.29, 1.82) is 0 Å². The topological polar surface area (TPSA) is 147 Å². The summed E-state index contributed by atoms with van der Waals surface area (Å²) in [7, 11) is -3.83. The number of imidazole rings is 1. The molecule has 0 spiro atoms. The van der Waals surface area contributed by atoms with Crippen molar-refractivity contribution in [2.45, 2.75) is 56.0 Å². The summed E-state index contributed by atoms with van der Waals surface area (Å²) in [6.07, 6.45) is 0.379. The van der Waals surface area contributed by atoms with Gasteiger partial charge in [0.1, 0.15) is 24.6 Å². The highest BCUT2D eigenvalue weighted by molar-refractivity contribution is 7.89. The normalized spacial score (nSPS) is 24.6. The van der Waals surface area contributed by atoms with Crippen LogP contribution in [0.4, 0.5) is 5.82 Å². The highest BCUT2D eigenvalue weighted by atomic mass is 32.2. The molecule has 2 aromatic heterocycles. The number of nitrogens with one attached hydrogen (secondary N) is 2. The van der Waals surface area contributed by atoms with Crippen LogP contribution in [0.1, 0.15) is 27.0 Å². The number of anilines is 1. The number of aromatic nitrogens is 4. The lowest BCUT2D eigenvalue weighted by molar-refractivity contribution is -0.195. The van der Waals surface area contributed by atoms with Crippen LogP contribution in [0.2, 0.25) is 0 Å². The molecule has 6 rings (SSSR count). The van der Waals surface area contributed by atoms with Gasteiger partial charge in [-0.05, 0) is 36.8 Å². The van der Waals surface area contributed by atoms with Crippen LogP contribution < -0.4 is 10.0 Å². The van der Waals surface area contributed by atoms with E-state index in [0.29, 0.717) is 11.2 Å². The van der Waals surface area contributed by atoms with Gasteiger partial charge in [-0.3, -0.25) is 9.36 Å². The van der Waals surface area contributed by atoms with Crippen LogP contribution in [0.3, 0.4) is 0 Å². The molecule has 12 nitrogen and oxygen atoms in total. The lowest BCUT2D eigenvalue weighted by atomic mass is 10.1. The Kier molecular flexibility index (Phi) is 5.92. The highest BCUT2D eigenvalue weighted by Crippen LogP contribution is 2.43. The number of hydrogen-bond acceptors (Lipinski definition) is 9. The Morgan fingerprint density at radius 3 is 2.61 bits per heavy atom. The second-order valence-corrected chi connectivity index (χ2v) is 11.5. The molecule has 13 heteroatoms. The van der Waals surface area contributed by atoms with E-state index in [1.54, 1.807) is 36.6 Å². The molecule has 0 bridgehead atoms. The van der Waals surface area contributed by atoms with Gasteiger partial charge in [0.15, 0.2) is 29.0 Å². The number of amides is 1. The van der Waals surface area contributed by atoms with Gasteiger partial charge in [0.25, 0.3) is 0 Å². The molecule has 0 saturated carbocycles. The molecule has 4 heterocycles. The Hall–Kier alpha value is -3.49. The van der Waals surface area contributed by atoms with Crippen molar-refractivity contribution in [3.05, 3.63) is 55.1 Å². The number of rotatable bonds is 6. The third kappa shape index (κ3) is 4.41. The van der Waals surface area contributed by atoms with E-state index in [1.807, 2.05) is 24.3 Å². The molecule has 2 aliphatic rings. The van der Waals surface area contributed by atoms with Crippen LogP contribution >= 0.6 is 0 Å². The fourth-order valence-electron chi connectivity index (χ4n) is 4.95. The van der Waals surface area contributed by atoms with Gasteiger partial charge in [0.05, 0.1) is 11.2 Å². The Balaban J connectivity index is 1.27. The van der Waals surface area contributed by atoms with Crippen molar-refractivity contribution in [3.63, 3.8) is 0 Å². The summed E-state index contributed by atoms with van der Waals surface area (Å²) in [5, 5.41) is 4.42. The average molecular weight is 539 g/mol. The van der Waals surface area contributed by atoms with Gasteiger partial charge in [0, 0.05) is 13.5 Å². The monoisotopic (exact) mass is 538 g/mol. The number of carbonyl (C=O) groups excluding carboxylic acids is 1. The SMILES string of the molecule is CC(=O)Nc1ncnc2c1ncn2[C@@H]1O[C@H](CNS(=O)(=O)c2ccc3ccccc3c2)[C@H]2OC(C)(C)O[C@H]21. The minimum atomic E-state index is -3.83. The fourth-order valence-corrected chi connectivity index (χ4v) is 6.03. The van der Waals surface area contributed by atoms with Gasteiger partial charge < -0.3 is 19.5 Å². The molecule has 0 aliphatic carbocycles. The first kappa shape index (κ1) is 24.8. The van der Waals surface area contributed by atoms with Gasteiger partial charge in [-0.2, -0.15) is 0 Å². The maximum atomic E-state index is 13.2. The van der Waals surface area contributed by atoms with Gasteiger partial charge in [-0.1, -0.05) is 30.3 Å². The second-order valence-electron chi connectivity index (χ2n) is 9.72. The molecular formula is C25H26N6O6S. The molecule has 1 amide bonds. The summed E-state index contributed by atoms with van der Waals surface area (Å²) >= 11 is 0. The van der Waals surface area contributed by atoms with Crippen molar-refractivity contribution < 1.29 is 27.4 Å². The molecule has 4 atom stereocenters. The summed E-state index contributed by atoms with van der Waals surface area (Å²) in [5.41, 5.74) is 0.819. The Bertz CT molecular complexity index is 1650. The zero-order valence-corrected chi connectivity index (χ0v) is 21.7. The zero-order chi connectivity index (χ0) is 26.7. The predicted molar refractivity (Wildman–Crippen MR) is 136 cm³/mol. The van der Waals surface area contributed by atoms with Gasteiger partial charge in [0.2, 0.25) is 15.9 Å². The Morgan fingerprint density at radius 1 is 1.05 bits per heavy atom. The highest BCUT2D eigenvalue weighted by Gasteiger charge is 2.56. The van der Waals surface area contributed by atoms with Crippen molar-refractivity contribution in [2.75, 3.05) is 11.9 Å². The van der Waals surface area contributed by atoms with Crippen LogP contribution in [0, 0.1) is 0 Å². The van der Waals surface area contributed by atoms with E-state index in [2.05, 4.69) is 25.0 Å². The van der Waals surface area contributed by atoms with E-state index in [1.165, 1.54) is 19.6 Å². The number of carbonyl (C=O) groups is 1. The van der Waals surface area contributed by atoms with Crippen LogP contribution in [0.25, 0.3) is 21.9 Å². The molecular weight excluding hydrogens is 512 g/mol. The number of hydrogen-bond donors (Lipinski definition) is 2. The van der Waals surface area contributed by atoms with Crippen LogP contribution in [0.5, 0.6) is 0 Å². The summed E-state index contributed by atoms with van der Waals surface area (Å²) in [6, 6.07) is 12.6. The summed E-state index contributed by atoms with van der Waals surface area (Å²) in [5.74, 6) is -0.913. The van der Waals surface area contributed by atoms with Crippen LogP contribution in [-0.4, -0.2) is 64.5 Å². The minimum Gasteiger partial charge on any atom is -0.348 e. The smallest absolute Gasteiger partial charge is 0.240 e. The van der Waals surface area contributed by atoms with E-state index in [0.717, 1.165) is 10.8 Å². The third-order valence-corrected chi connectivity index (χ3v) is 7.98. The van der Waals surface area contributed by atoms with Gasteiger partial charge >= 0.3 is 0 Å². The lowest BCUT2D eigenvalue weighted by Gasteiger charge is -2.25. The van der Waals surface area contributed by atoms with Gasteiger partial charge in [-0.25, -0.2) is 28.1 Å². The zero-order valence-electron chi connectivity index (χ0n) is 20.9. The second kappa shape index (κ2) is 9.06. The van der Waals surface area contributed by atoms with Crippen LogP contribution in [0.15, 0.2) is 60.0 Å². The number of ether oxygens (including phenoxy) is 3. The molecule has 2 aromatic carbocycles. The van der Waals surface area contributed by atoms with E-state index >= 15 is 0 Å². The largest absolute Gasteiger partial charge is 0.348 e. The van der Waals surface area contributed by atoms with Crippen LogP contribution in [-0.2, 0) is 29.0 Å². The maximum absolute atomic E-state index is 13.2. The molecule has 2 aliphatic heterocycles. The van der Waals surface area contributed by atoms with E-state index < -0.39 is 40.4 Å². The summed E-state index contributed by atoms with van der Waals surface area (Å²) in [6.45, 7) is 4.93. The molecule has 38 heavy (non-hydrogen) atoms. The molecule has 0 radical (unpaired) electrons. The van der Waals surface area contributed by atoms with Gasteiger partial charge in [-0.15, -0.1) is 0 Å². The number of nitrogens with zero attached hydrogens (tertiary/aromatic N) is 4. The van der Waals surface area contributed by atoms with E-state index in [4.69, 9.17) is 14.2 Å². The van der Waals surface area contributed by atoms with Crippen molar-refractivity contribution in [2.24, 2.45) is 0 Å². The van der Waals surface area contributed by atoms with Crippen molar-refractivity contribution in [3.8, 4) is 0 Å². The fraction of sp³-hybridized carbons (Fsp3) is 0.360. The first-order valence-corrected chi connectivity index (χ1v) is 13.5. The standard InChI is InChI=1S/C25H26N6O6S/c1-14(32)30-22-19-23(27-12-26-22)31(13-28-19)24-21-20(36-25(2,3)37-21)18(35-24)11-29-38(33,34)17-9-8-15-6-4-5-7-16(15)10-17/h4-10,12-13,18,20-21,24,29H,11H2,1-3H3,(H,26,27,30,32)/t18-,20-,21-,24-/m1/s1. The molecule has 4 aromatic rings. The average Bonchev–Trinajstić information content (AvgIpc) is 3.53. The molecule has 0 unspecified atom stereocenters. The first-order chi connectivity index (χ1) is 18.1. The number of benzene rings is 2. The first-order valence-electron chi connectivity index (χ1n) is 12.1. The van der Waals surface area contributed by atoms with E-state index in [-0.39, 0.29) is 23.2 Å². The van der Waals surface area contributed by atoms with Crippen molar-refractivity contribution in [1.82, 2.24) is 24.2 Å². The lowest BCUT2D eigenvalue weighted by Crippen LogP contribution is -2.39. The molecule has 2 fully saturated rings. The predicted octanol–water partition coefficient (Wildman–Crippen LogP) is 2.33. The minimum absolute atomic E-state index is 0.0367. The Morgan fingerprint density at radius 2 is 1.82 bits per heavy atom.